The number of anilines is 1. The zero-order valence-electron chi connectivity index (χ0n) is 19.0. The summed E-state index contributed by atoms with van der Waals surface area (Å²) in [4.78, 5) is 22.6. The maximum atomic E-state index is 11.6. The van der Waals surface area contributed by atoms with Crippen molar-refractivity contribution in [1.82, 2.24) is 24.6 Å². The molecule has 0 bridgehead atoms. The molecule has 172 valence electrons. The molecule has 34 heavy (non-hydrogen) atoms. The van der Waals surface area contributed by atoms with Crippen LogP contribution in [0.1, 0.15) is 25.8 Å². The van der Waals surface area contributed by atoms with Crippen molar-refractivity contribution in [2.45, 2.75) is 25.8 Å². The lowest BCUT2D eigenvalue weighted by Gasteiger charge is -2.31. The lowest BCUT2D eigenvalue weighted by molar-refractivity contribution is -0.130. The average molecular weight is 473 g/mol. The van der Waals surface area contributed by atoms with Gasteiger partial charge in [0.25, 0.3) is 0 Å². The van der Waals surface area contributed by atoms with Crippen molar-refractivity contribution in [3.63, 3.8) is 0 Å². The van der Waals surface area contributed by atoms with Gasteiger partial charge in [-0.25, -0.2) is 0 Å². The van der Waals surface area contributed by atoms with Gasteiger partial charge >= 0.3 is 0 Å². The molecule has 0 unspecified atom stereocenters. The number of nitrogens with zero attached hydrogens (tertiary/aromatic N) is 5. The van der Waals surface area contributed by atoms with Gasteiger partial charge in [0.05, 0.1) is 29.8 Å². The lowest BCUT2D eigenvalue weighted by atomic mass is 10.1. The van der Waals surface area contributed by atoms with Gasteiger partial charge in [0, 0.05) is 77.6 Å². The number of likely N-dealkylation sites (tertiary alicyclic amines) is 1. The molecule has 1 saturated heterocycles. The molecule has 1 amide bonds. The molecule has 0 aromatic carbocycles. The van der Waals surface area contributed by atoms with Gasteiger partial charge < -0.3 is 14.6 Å². The molecule has 0 aliphatic carbocycles. The van der Waals surface area contributed by atoms with E-state index in [9.17, 15) is 4.79 Å². The number of hydrogen-bond donors (Lipinski definition) is 1. The molecule has 0 saturated carbocycles. The van der Waals surface area contributed by atoms with Crippen molar-refractivity contribution in [2.24, 2.45) is 0 Å². The number of amides is 1. The second kappa shape index (κ2) is 8.25. The van der Waals surface area contributed by atoms with Crippen molar-refractivity contribution >= 4 is 44.0 Å². The summed E-state index contributed by atoms with van der Waals surface area (Å²) in [5.41, 5.74) is 4.44. The second-order valence-electron chi connectivity index (χ2n) is 8.59. The van der Waals surface area contributed by atoms with Gasteiger partial charge in [-0.2, -0.15) is 5.10 Å². The molecule has 6 rings (SSSR count). The van der Waals surface area contributed by atoms with E-state index in [1.54, 1.807) is 24.5 Å². The van der Waals surface area contributed by atoms with E-state index < -0.39 is 0 Å². The Labute approximate surface area is 200 Å². The minimum atomic E-state index is 0.140. The van der Waals surface area contributed by atoms with Crippen LogP contribution in [0.15, 0.2) is 52.9 Å². The molecule has 1 fully saturated rings. The molecule has 5 aromatic heterocycles. The van der Waals surface area contributed by atoms with Gasteiger partial charge in [0.2, 0.25) is 5.91 Å². The first-order valence-electron chi connectivity index (χ1n) is 11.3. The van der Waals surface area contributed by atoms with Crippen LogP contribution in [-0.4, -0.2) is 50.7 Å². The van der Waals surface area contributed by atoms with Crippen LogP contribution in [0, 0.1) is 0 Å². The Balaban J connectivity index is 1.39. The van der Waals surface area contributed by atoms with Gasteiger partial charge in [-0.15, -0.1) is 11.3 Å². The Hall–Kier alpha value is -3.72. The number of hydrogen-bond acceptors (Lipinski definition) is 7. The number of fused-ring (bicyclic) bond motifs is 2. The van der Waals surface area contributed by atoms with Crippen LogP contribution in [0.4, 0.5) is 5.69 Å². The van der Waals surface area contributed by atoms with E-state index >= 15 is 0 Å². The summed E-state index contributed by atoms with van der Waals surface area (Å²) in [6.45, 7) is 3.17. The number of furan rings is 1. The Morgan fingerprint density at radius 2 is 2.06 bits per heavy atom. The van der Waals surface area contributed by atoms with Gasteiger partial charge in [-0.3, -0.25) is 19.4 Å². The summed E-state index contributed by atoms with van der Waals surface area (Å²) in [5, 5.41) is 12.0. The van der Waals surface area contributed by atoms with Crippen LogP contribution in [0.5, 0.6) is 0 Å². The largest absolute Gasteiger partial charge is 0.454 e. The minimum absolute atomic E-state index is 0.140. The Morgan fingerprint density at radius 3 is 2.85 bits per heavy atom. The molecule has 0 atom stereocenters. The fraction of sp³-hybridized carbons (Fsp3) is 0.280. The van der Waals surface area contributed by atoms with Crippen molar-refractivity contribution < 1.29 is 9.21 Å². The summed E-state index contributed by atoms with van der Waals surface area (Å²) >= 11 is 1.68. The lowest BCUT2D eigenvalue weighted by Crippen LogP contribution is -2.37. The van der Waals surface area contributed by atoms with E-state index in [1.165, 1.54) is 4.70 Å². The van der Waals surface area contributed by atoms with E-state index in [-0.39, 0.29) is 11.9 Å². The molecule has 1 aliphatic rings. The van der Waals surface area contributed by atoms with E-state index in [0.29, 0.717) is 0 Å². The Bertz CT molecular complexity index is 1510. The van der Waals surface area contributed by atoms with E-state index in [0.717, 1.165) is 70.6 Å². The van der Waals surface area contributed by atoms with Crippen molar-refractivity contribution in [3.8, 4) is 22.6 Å². The van der Waals surface area contributed by atoms with Crippen molar-refractivity contribution in [3.05, 3.63) is 48.5 Å². The van der Waals surface area contributed by atoms with E-state index in [4.69, 9.17) is 9.40 Å². The quantitative estimate of drug-likeness (QED) is 0.387. The molecule has 0 spiro atoms. The number of rotatable bonds is 4. The van der Waals surface area contributed by atoms with Crippen LogP contribution in [0.3, 0.4) is 0 Å². The Morgan fingerprint density at radius 1 is 1.21 bits per heavy atom. The first-order valence-corrected chi connectivity index (χ1v) is 12.2. The predicted molar refractivity (Wildman–Crippen MR) is 134 cm³/mol. The molecule has 8 nitrogen and oxygen atoms in total. The summed E-state index contributed by atoms with van der Waals surface area (Å²) in [6, 6.07) is 4.37. The van der Waals surface area contributed by atoms with Gasteiger partial charge in [0.1, 0.15) is 5.76 Å². The molecular weight excluding hydrogens is 448 g/mol. The van der Waals surface area contributed by atoms with Crippen LogP contribution in [0.25, 0.3) is 43.6 Å². The molecule has 1 aliphatic heterocycles. The highest BCUT2D eigenvalue weighted by Crippen LogP contribution is 2.40. The zero-order valence-corrected chi connectivity index (χ0v) is 19.8. The Kier molecular flexibility index (Phi) is 5.06. The summed E-state index contributed by atoms with van der Waals surface area (Å²) in [6.07, 6.45) is 11.2. The maximum Gasteiger partial charge on any atom is 0.219 e. The number of carbonyl (C=O) groups is 1. The van der Waals surface area contributed by atoms with E-state index in [1.807, 2.05) is 41.3 Å². The highest BCUT2D eigenvalue weighted by Gasteiger charge is 2.24. The number of nitrogens with one attached hydrogen (secondary N) is 1. The molecule has 9 heteroatoms. The third-order valence-corrected chi connectivity index (χ3v) is 7.59. The van der Waals surface area contributed by atoms with Gasteiger partial charge in [-0.05, 0) is 25.0 Å². The number of piperidine rings is 1. The SMILES string of the molecule is CNc1cnc(-c2cnn(C3CCN(C(C)=O)CC3)c2)c2cc(-c3csc4ccncc34)oc12. The molecular formula is C25H24N6O2S. The highest BCUT2D eigenvalue weighted by molar-refractivity contribution is 7.17. The fourth-order valence-electron chi connectivity index (χ4n) is 4.73. The topological polar surface area (TPSA) is 89.1 Å². The average Bonchev–Trinajstić information content (AvgIpc) is 3.61. The van der Waals surface area contributed by atoms with Crippen LogP contribution in [0.2, 0.25) is 0 Å². The first kappa shape index (κ1) is 20.9. The van der Waals surface area contributed by atoms with Gasteiger partial charge in [-0.1, -0.05) is 0 Å². The fourth-order valence-corrected chi connectivity index (χ4v) is 5.65. The summed E-state index contributed by atoms with van der Waals surface area (Å²) < 4.78 is 9.57. The van der Waals surface area contributed by atoms with Crippen LogP contribution in [-0.2, 0) is 4.79 Å². The third kappa shape index (κ3) is 3.43. The first-order chi connectivity index (χ1) is 16.6. The van der Waals surface area contributed by atoms with E-state index in [2.05, 4.69) is 33.0 Å². The third-order valence-electron chi connectivity index (χ3n) is 6.62. The van der Waals surface area contributed by atoms with Crippen LogP contribution < -0.4 is 5.32 Å². The molecule has 0 radical (unpaired) electrons. The standard InChI is InChI=1S/C25H24N6O2S/c1-15(32)30-7-4-17(5-8-30)31-13-16(10-29-31)24-18-9-22(33-25(18)21(26-2)12-28-24)20-14-34-23-3-6-27-11-19(20)23/h3,6,9-14,17,26H,4-5,7-8H2,1-2H3. The van der Waals surface area contributed by atoms with Crippen LogP contribution >= 0.6 is 11.3 Å². The molecule has 6 heterocycles. The number of pyridine rings is 2. The smallest absolute Gasteiger partial charge is 0.219 e. The van der Waals surface area contributed by atoms with Crippen molar-refractivity contribution in [2.75, 3.05) is 25.5 Å². The predicted octanol–water partition coefficient (Wildman–Crippen LogP) is 5.19. The normalized spacial score (nSPS) is 14.8. The summed E-state index contributed by atoms with van der Waals surface area (Å²) in [7, 11) is 1.87. The minimum Gasteiger partial charge on any atom is -0.454 e. The van der Waals surface area contributed by atoms with Crippen molar-refractivity contribution in [1.29, 1.82) is 0 Å². The van der Waals surface area contributed by atoms with Gasteiger partial charge in [0.15, 0.2) is 5.58 Å². The number of aromatic nitrogens is 4. The maximum absolute atomic E-state index is 11.6. The highest BCUT2D eigenvalue weighted by atomic mass is 32.1. The molecule has 5 aromatic rings. The molecule has 1 N–H and O–H groups in total. The second-order valence-corrected chi connectivity index (χ2v) is 9.50. The number of carbonyl (C=O) groups excluding carboxylic acids is 1. The zero-order chi connectivity index (χ0) is 23.2. The number of thiophene rings is 1. The summed E-state index contributed by atoms with van der Waals surface area (Å²) in [5.74, 6) is 0.935. The monoisotopic (exact) mass is 472 g/mol.